The van der Waals surface area contributed by atoms with E-state index >= 15 is 0 Å². The summed E-state index contributed by atoms with van der Waals surface area (Å²) in [6.07, 6.45) is 0. The van der Waals surface area contributed by atoms with Crippen LogP contribution in [0.15, 0.2) is 21.3 Å². The third-order valence-corrected chi connectivity index (χ3v) is 4.17. The summed E-state index contributed by atoms with van der Waals surface area (Å²) in [5, 5.41) is 4.28. The van der Waals surface area contributed by atoms with Gasteiger partial charge in [0.05, 0.1) is 0 Å². The monoisotopic (exact) mass is 321 g/mol. The zero-order chi connectivity index (χ0) is 16.7. The minimum Gasteiger partial charge on any atom is -0.423 e. The summed E-state index contributed by atoms with van der Waals surface area (Å²) >= 11 is 6.30. The van der Waals surface area contributed by atoms with Gasteiger partial charge in [-0.1, -0.05) is 32.4 Å². The highest BCUT2D eigenvalue weighted by atomic mass is 35.5. The zero-order valence-corrected chi connectivity index (χ0v) is 14.2. The van der Waals surface area contributed by atoms with Crippen molar-refractivity contribution in [2.75, 3.05) is 0 Å². The lowest BCUT2D eigenvalue weighted by Gasteiger charge is -2.18. The maximum Gasteiger partial charge on any atom is 0.336 e. The van der Waals surface area contributed by atoms with Crippen molar-refractivity contribution in [1.29, 1.82) is 0 Å². The Morgan fingerprint density at radius 3 is 2.50 bits per heavy atom. The molecule has 0 fully saturated rings. The number of nitrogens with one attached hydrogen (secondary N) is 1. The first-order valence-corrected chi connectivity index (χ1v) is 7.50. The number of hydrogen-bond acceptors (Lipinski definition) is 3. The van der Waals surface area contributed by atoms with Crippen molar-refractivity contribution >= 4 is 28.5 Å². The Labute approximate surface area is 134 Å². The Bertz CT molecular complexity index is 800. The molecule has 0 spiro atoms. The molecule has 0 bridgehead atoms. The molecular formula is C17H20ClNO3. The lowest BCUT2D eigenvalue weighted by atomic mass is 9.95. The van der Waals surface area contributed by atoms with Crippen LogP contribution in [0.5, 0.6) is 0 Å². The minimum atomic E-state index is -0.488. The average Bonchev–Trinajstić information content (AvgIpc) is 2.40. The number of halogens is 1. The quantitative estimate of drug-likeness (QED) is 0.857. The molecule has 2 rings (SSSR count). The summed E-state index contributed by atoms with van der Waals surface area (Å²) in [6, 6.07) is 3.16. The second-order valence-electron chi connectivity index (χ2n) is 6.53. The number of carbonyl (C=O) groups excluding carboxylic acids is 1. The molecule has 0 aliphatic carbocycles. The van der Waals surface area contributed by atoms with Crippen molar-refractivity contribution in [3.8, 4) is 0 Å². The number of aryl methyl sites for hydroxylation is 2. The van der Waals surface area contributed by atoms with Crippen LogP contribution < -0.4 is 10.9 Å². The van der Waals surface area contributed by atoms with Crippen molar-refractivity contribution in [1.82, 2.24) is 5.32 Å². The molecule has 0 atom stereocenters. The van der Waals surface area contributed by atoms with Gasteiger partial charge in [-0.05, 0) is 36.6 Å². The molecule has 0 saturated heterocycles. The van der Waals surface area contributed by atoms with Crippen molar-refractivity contribution in [3.05, 3.63) is 44.3 Å². The van der Waals surface area contributed by atoms with Gasteiger partial charge in [-0.3, -0.25) is 4.79 Å². The maximum atomic E-state index is 12.0. The van der Waals surface area contributed by atoms with E-state index in [1.54, 1.807) is 6.07 Å². The van der Waals surface area contributed by atoms with Crippen molar-refractivity contribution < 1.29 is 9.21 Å². The fraction of sp³-hybridized carbons (Fsp3) is 0.412. The second kappa shape index (κ2) is 5.76. The van der Waals surface area contributed by atoms with Crippen molar-refractivity contribution in [2.24, 2.45) is 5.41 Å². The molecule has 0 unspecified atom stereocenters. The lowest BCUT2D eigenvalue weighted by Crippen LogP contribution is -2.34. The van der Waals surface area contributed by atoms with Gasteiger partial charge in [0.1, 0.15) is 5.58 Å². The molecule has 0 radical (unpaired) electrons. The summed E-state index contributed by atoms with van der Waals surface area (Å²) in [5.74, 6) is -0.0789. The van der Waals surface area contributed by atoms with Gasteiger partial charge in [-0.2, -0.15) is 0 Å². The standard InChI is InChI=1S/C17H20ClNO3/c1-9-6-12-14(10(2)15(9)18)11(7-13(20)22-12)8-19-16(21)17(3,4)5/h6-7H,8H2,1-5H3,(H,19,21). The number of benzene rings is 1. The summed E-state index contributed by atoms with van der Waals surface area (Å²) in [5.41, 5.74) is 1.98. The highest BCUT2D eigenvalue weighted by Gasteiger charge is 2.21. The van der Waals surface area contributed by atoms with Crippen LogP contribution in [0.2, 0.25) is 5.02 Å². The van der Waals surface area contributed by atoms with Crippen molar-refractivity contribution in [3.63, 3.8) is 0 Å². The van der Waals surface area contributed by atoms with E-state index in [0.717, 1.165) is 16.5 Å². The minimum absolute atomic E-state index is 0.0789. The molecule has 1 heterocycles. The number of carbonyl (C=O) groups is 1. The first-order chi connectivity index (χ1) is 10.1. The highest BCUT2D eigenvalue weighted by molar-refractivity contribution is 6.33. The van der Waals surface area contributed by atoms with E-state index in [-0.39, 0.29) is 12.5 Å². The van der Waals surface area contributed by atoms with Gasteiger partial charge in [0.2, 0.25) is 5.91 Å². The highest BCUT2D eigenvalue weighted by Crippen LogP contribution is 2.30. The third-order valence-electron chi connectivity index (χ3n) is 3.59. The third kappa shape index (κ3) is 3.17. The van der Waals surface area contributed by atoms with Crippen LogP contribution in [0, 0.1) is 19.3 Å². The Morgan fingerprint density at radius 1 is 1.27 bits per heavy atom. The van der Waals surface area contributed by atoms with Crippen molar-refractivity contribution in [2.45, 2.75) is 41.2 Å². The molecule has 5 heteroatoms. The number of fused-ring (bicyclic) bond motifs is 1. The fourth-order valence-electron chi connectivity index (χ4n) is 2.33. The first-order valence-electron chi connectivity index (χ1n) is 7.12. The van der Waals surface area contributed by atoms with E-state index in [2.05, 4.69) is 5.32 Å². The molecule has 0 aliphatic rings. The Kier molecular flexibility index (Phi) is 4.34. The van der Waals surface area contributed by atoms with Gasteiger partial charge in [-0.15, -0.1) is 0 Å². The Morgan fingerprint density at radius 2 is 1.91 bits per heavy atom. The molecule has 1 aromatic carbocycles. The normalized spacial score (nSPS) is 11.7. The molecule has 4 nitrogen and oxygen atoms in total. The molecule has 1 amide bonds. The number of amides is 1. The van der Waals surface area contributed by atoms with Crippen LogP contribution in [0.4, 0.5) is 0 Å². The van der Waals surface area contributed by atoms with E-state index in [9.17, 15) is 9.59 Å². The predicted molar refractivity (Wildman–Crippen MR) is 88.3 cm³/mol. The lowest BCUT2D eigenvalue weighted by molar-refractivity contribution is -0.128. The Hall–Kier alpha value is -1.81. The van der Waals surface area contributed by atoms with Crippen LogP contribution in [-0.4, -0.2) is 5.91 Å². The fourth-order valence-corrected chi connectivity index (χ4v) is 2.48. The van der Waals surface area contributed by atoms with Gasteiger partial charge < -0.3 is 9.73 Å². The zero-order valence-electron chi connectivity index (χ0n) is 13.5. The van der Waals surface area contributed by atoms with E-state index in [1.807, 2.05) is 34.6 Å². The topological polar surface area (TPSA) is 59.3 Å². The molecule has 2 aromatic rings. The van der Waals surface area contributed by atoms with Gasteiger partial charge >= 0.3 is 5.63 Å². The molecule has 22 heavy (non-hydrogen) atoms. The van der Waals surface area contributed by atoms with E-state index in [0.29, 0.717) is 16.2 Å². The van der Waals surface area contributed by atoms with Crippen LogP contribution in [0.1, 0.15) is 37.5 Å². The van der Waals surface area contributed by atoms with Gasteiger partial charge in [0.15, 0.2) is 0 Å². The summed E-state index contributed by atoms with van der Waals surface area (Å²) in [4.78, 5) is 23.8. The SMILES string of the molecule is Cc1cc2oc(=O)cc(CNC(=O)C(C)(C)C)c2c(C)c1Cl. The van der Waals surface area contributed by atoms with Crippen LogP contribution in [-0.2, 0) is 11.3 Å². The van der Waals surface area contributed by atoms with Gasteiger partial charge in [0, 0.05) is 28.4 Å². The molecule has 1 N–H and O–H groups in total. The van der Waals surface area contributed by atoms with Crippen LogP contribution in [0.3, 0.4) is 0 Å². The summed E-state index contributed by atoms with van der Waals surface area (Å²) < 4.78 is 5.27. The van der Waals surface area contributed by atoms with E-state index in [1.165, 1.54) is 6.07 Å². The van der Waals surface area contributed by atoms with E-state index < -0.39 is 11.0 Å². The maximum absolute atomic E-state index is 12.0. The van der Waals surface area contributed by atoms with Crippen LogP contribution in [0.25, 0.3) is 11.0 Å². The predicted octanol–water partition coefficient (Wildman–Crippen LogP) is 3.73. The van der Waals surface area contributed by atoms with Gasteiger partial charge in [-0.25, -0.2) is 4.79 Å². The number of hydrogen-bond donors (Lipinski definition) is 1. The molecule has 1 aromatic heterocycles. The number of rotatable bonds is 2. The van der Waals surface area contributed by atoms with Crippen LogP contribution >= 0.6 is 11.6 Å². The summed E-state index contributed by atoms with van der Waals surface area (Å²) in [7, 11) is 0. The van der Waals surface area contributed by atoms with Gasteiger partial charge in [0.25, 0.3) is 0 Å². The molecule has 0 aliphatic heterocycles. The first kappa shape index (κ1) is 16.6. The largest absolute Gasteiger partial charge is 0.423 e. The molecular weight excluding hydrogens is 302 g/mol. The Balaban J connectivity index is 2.52. The smallest absolute Gasteiger partial charge is 0.336 e. The molecule has 0 saturated carbocycles. The second-order valence-corrected chi connectivity index (χ2v) is 6.91. The average molecular weight is 322 g/mol. The summed E-state index contributed by atoms with van der Waals surface area (Å²) in [6.45, 7) is 9.52. The van der Waals surface area contributed by atoms with E-state index in [4.69, 9.17) is 16.0 Å². The molecule has 118 valence electrons.